The van der Waals surface area contributed by atoms with Gasteiger partial charge in [0.05, 0.1) is 5.69 Å². The number of amides is 1. The fourth-order valence-corrected chi connectivity index (χ4v) is 2.14. The molecule has 20 heavy (non-hydrogen) atoms. The summed E-state index contributed by atoms with van der Waals surface area (Å²) in [6, 6.07) is 5.73. The molecule has 0 saturated carbocycles. The highest BCUT2D eigenvalue weighted by molar-refractivity contribution is 5.94. The maximum Gasteiger partial charge on any atom is 0.270 e. The zero-order valence-corrected chi connectivity index (χ0v) is 12.1. The molecule has 2 aromatic rings. The van der Waals surface area contributed by atoms with Gasteiger partial charge in [0.15, 0.2) is 0 Å². The number of fused-ring (bicyclic) bond motifs is 1. The summed E-state index contributed by atoms with van der Waals surface area (Å²) < 4.78 is 7.10. The number of nitrogens with one attached hydrogen (secondary N) is 1. The second kappa shape index (κ2) is 7.05. The zero-order valence-electron chi connectivity index (χ0n) is 12.1. The molecule has 0 atom stereocenters. The van der Waals surface area contributed by atoms with Crippen LogP contribution in [0.3, 0.4) is 0 Å². The van der Waals surface area contributed by atoms with E-state index in [9.17, 15) is 4.79 Å². The molecule has 0 saturated heterocycles. The molecule has 0 unspecified atom stereocenters. The molecule has 0 spiro atoms. The van der Waals surface area contributed by atoms with Crippen LogP contribution in [0.5, 0.6) is 0 Å². The van der Waals surface area contributed by atoms with Gasteiger partial charge in [0.1, 0.15) is 11.3 Å². The maximum absolute atomic E-state index is 12.3. The Kier molecular flexibility index (Phi) is 5.12. The van der Waals surface area contributed by atoms with Crippen molar-refractivity contribution in [3.05, 3.63) is 35.8 Å². The predicted molar refractivity (Wildman–Crippen MR) is 78.0 cm³/mol. The Morgan fingerprint density at radius 2 is 2.25 bits per heavy atom. The zero-order chi connectivity index (χ0) is 14.4. The predicted octanol–water partition coefficient (Wildman–Crippen LogP) is 2.05. The summed E-state index contributed by atoms with van der Waals surface area (Å²) in [6.07, 6.45) is 3.43. The SMILES string of the molecule is CCOCCCNC(=O)c1c(CC)nc2ccccn12. The lowest BCUT2D eigenvalue weighted by molar-refractivity contribution is 0.0937. The van der Waals surface area contributed by atoms with E-state index in [2.05, 4.69) is 10.3 Å². The number of carbonyl (C=O) groups is 1. The van der Waals surface area contributed by atoms with Gasteiger partial charge in [-0.1, -0.05) is 13.0 Å². The summed E-state index contributed by atoms with van der Waals surface area (Å²) >= 11 is 0. The van der Waals surface area contributed by atoms with Gasteiger partial charge in [-0.15, -0.1) is 0 Å². The van der Waals surface area contributed by atoms with Crippen molar-refractivity contribution < 1.29 is 9.53 Å². The van der Waals surface area contributed by atoms with E-state index in [1.807, 2.05) is 42.6 Å². The van der Waals surface area contributed by atoms with Crippen molar-refractivity contribution >= 4 is 11.6 Å². The fourth-order valence-electron chi connectivity index (χ4n) is 2.14. The molecule has 5 heteroatoms. The van der Waals surface area contributed by atoms with Crippen molar-refractivity contribution in [3.63, 3.8) is 0 Å². The molecule has 1 amide bonds. The molecule has 0 aliphatic heterocycles. The summed E-state index contributed by atoms with van der Waals surface area (Å²) in [5, 5.41) is 2.93. The van der Waals surface area contributed by atoms with E-state index in [4.69, 9.17) is 4.74 Å². The number of rotatable bonds is 7. The van der Waals surface area contributed by atoms with Crippen LogP contribution in [0.1, 0.15) is 36.5 Å². The molecule has 2 rings (SSSR count). The highest BCUT2D eigenvalue weighted by atomic mass is 16.5. The lowest BCUT2D eigenvalue weighted by Crippen LogP contribution is -2.27. The largest absolute Gasteiger partial charge is 0.382 e. The van der Waals surface area contributed by atoms with Crippen molar-refractivity contribution in [1.29, 1.82) is 0 Å². The van der Waals surface area contributed by atoms with Crippen molar-refractivity contribution in [1.82, 2.24) is 14.7 Å². The van der Waals surface area contributed by atoms with Crippen LogP contribution in [-0.2, 0) is 11.2 Å². The van der Waals surface area contributed by atoms with Gasteiger partial charge in [0.25, 0.3) is 5.91 Å². The lowest BCUT2D eigenvalue weighted by Gasteiger charge is -2.06. The van der Waals surface area contributed by atoms with Crippen LogP contribution in [0.4, 0.5) is 0 Å². The highest BCUT2D eigenvalue weighted by Crippen LogP contribution is 2.13. The van der Waals surface area contributed by atoms with E-state index in [-0.39, 0.29) is 5.91 Å². The Bertz CT molecular complexity index is 578. The second-order valence-corrected chi connectivity index (χ2v) is 4.50. The number of hydrogen-bond acceptors (Lipinski definition) is 3. The van der Waals surface area contributed by atoms with Gasteiger partial charge in [0.2, 0.25) is 0 Å². The molecule has 0 radical (unpaired) electrons. The van der Waals surface area contributed by atoms with Crippen molar-refractivity contribution in [3.8, 4) is 0 Å². The van der Waals surface area contributed by atoms with E-state index in [1.54, 1.807) is 0 Å². The summed E-state index contributed by atoms with van der Waals surface area (Å²) in [4.78, 5) is 16.8. The van der Waals surface area contributed by atoms with Crippen LogP contribution in [0.25, 0.3) is 5.65 Å². The number of nitrogens with zero attached hydrogens (tertiary/aromatic N) is 2. The van der Waals surface area contributed by atoms with E-state index >= 15 is 0 Å². The van der Waals surface area contributed by atoms with E-state index in [0.717, 1.165) is 24.2 Å². The number of ether oxygens (including phenoxy) is 1. The molecule has 0 aromatic carbocycles. The minimum absolute atomic E-state index is 0.0722. The first-order valence-corrected chi connectivity index (χ1v) is 7.09. The first kappa shape index (κ1) is 14.5. The molecular formula is C15H21N3O2. The Balaban J connectivity index is 2.09. The van der Waals surface area contributed by atoms with Gasteiger partial charge in [-0.2, -0.15) is 0 Å². The van der Waals surface area contributed by atoms with Gasteiger partial charge in [-0.05, 0) is 31.9 Å². The first-order chi connectivity index (χ1) is 9.77. The molecule has 0 aliphatic carbocycles. The molecule has 2 aromatic heterocycles. The van der Waals surface area contributed by atoms with Crippen LogP contribution in [0.2, 0.25) is 0 Å². The van der Waals surface area contributed by atoms with Crippen LogP contribution >= 0.6 is 0 Å². The Hall–Kier alpha value is -1.88. The second-order valence-electron chi connectivity index (χ2n) is 4.50. The third-order valence-corrected chi connectivity index (χ3v) is 3.11. The normalized spacial score (nSPS) is 10.9. The van der Waals surface area contributed by atoms with E-state index in [0.29, 0.717) is 25.5 Å². The first-order valence-electron chi connectivity index (χ1n) is 7.09. The number of pyridine rings is 1. The number of imidazole rings is 1. The molecule has 2 heterocycles. The van der Waals surface area contributed by atoms with Gasteiger partial charge in [-0.3, -0.25) is 9.20 Å². The third kappa shape index (κ3) is 3.17. The van der Waals surface area contributed by atoms with Crippen LogP contribution in [0.15, 0.2) is 24.4 Å². The average Bonchev–Trinajstić information content (AvgIpc) is 2.85. The van der Waals surface area contributed by atoms with Crippen LogP contribution < -0.4 is 5.32 Å². The Labute approximate surface area is 119 Å². The monoisotopic (exact) mass is 275 g/mol. The van der Waals surface area contributed by atoms with Gasteiger partial charge >= 0.3 is 0 Å². The summed E-state index contributed by atoms with van der Waals surface area (Å²) in [5.74, 6) is -0.0722. The van der Waals surface area contributed by atoms with Crippen LogP contribution in [-0.4, -0.2) is 35.1 Å². The lowest BCUT2D eigenvalue weighted by atomic mass is 10.2. The van der Waals surface area contributed by atoms with E-state index < -0.39 is 0 Å². The summed E-state index contributed by atoms with van der Waals surface area (Å²) in [7, 11) is 0. The van der Waals surface area contributed by atoms with Crippen molar-refractivity contribution in [2.24, 2.45) is 0 Å². The Morgan fingerprint density at radius 3 is 3.00 bits per heavy atom. The van der Waals surface area contributed by atoms with Crippen molar-refractivity contribution in [2.45, 2.75) is 26.7 Å². The molecular weight excluding hydrogens is 254 g/mol. The highest BCUT2D eigenvalue weighted by Gasteiger charge is 2.17. The minimum Gasteiger partial charge on any atom is -0.382 e. The molecule has 5 nitrogen and oxygen atoms in total. The van der Waals surface area contributed by atoms with Gasteiger partial charge in [-0.25, -0.2) is 4.98 Å². The standard InChI is InChI=1S/C15H21N3O2/c1-3-12-14(15(19)16-9-7-11-20-4-2)18-10-6-5-8-13(18)17-12/h5-6,8,10H,3-4,7,9,11H2,1-2H3,(H,16,19). The molecule has 0 aliphatic rings. The molecule has 0 fully saturated rings. The minimum atomic E-state index is -0.0722. The third-order valence-electron chi connectivity index (χ3n) is 3.11. The topological polar surface area (TPSA) is 55.6 Å². The smallest absolute Gasteiger partial charge is 0.270 e. The number of carbonyl (C=O) groups excluding carboxylic acids is 1. The maximum atomic E-state index is 12.3. The van der Waals surface area contributed by atoms with E-state index in [1.165, 1.54) is 0 Å². The Morgan fingerprint density at radius 1 is 1.40 bits per heavy atom. The number of aryl methyl sites for hydroxylation is 1. The summed E-state index contributed by atoms with van der Waals surface area (Å²) in [5.41, 5.74) is 2.28. The average molecular weight is 275 g/mol. The van der Waals surface area contributed by atoms with Crippen molar-refractivity contribution in [2.75, 3.05) is 19.8 Å². The quantitative estimate of drug-likeness (QED) is 0.787. The summed E-state index contributed by atoms with van der Waals surface area (Å²) in [6.45, 7) is 5.96. The number of aromatic nitrogens is 2. The molecule has 0 bridgehead atoms. The van der Waals surface area contributed by atoms with Crippen LogP contribution in [0, 0.1) is 0 Å². The van der Waals surface area contributed by atoms with Gasteiger partial charge in [0, 0.05) is 26.0 Å². The molecule has 1 N–H and O–H groups in total. The van der Waals surface area contributed by atoms with Gasteiger partial charge < -0.3 is 10.1 Å². The number of hydrogen-bond donors (Lipinski definition) is 1. The fraction of sp³-hybridized carbons (Fsp3) is 0.467. The molecule has 108 valence electrons.